The Morgan fingerprint density at radius 3 is 2.92 bits per heavy atom. The van der Waals surface area contributed by atoms with Crippen molar-refractivity contribution in [3.8, 4) is 0 Å². The molecule has 0 rings (SSSR count). The summed E-state index contributed by atoms with van der Waals surface area (Å²) in [5, 5.41) is 9.11. The molecule has 0 aliphatic rings. The molecular formula is C8H13ClO3. The van der Waals surface area contributed by atoms with Crippen LogP contribution in [0.15, 0.2) is 11.6 Å². The fourth-order valence-electron chi connectivity index (χ4n) is 0.738. The molecule has 0 amide bonds. The van der Waals surface area contributed by atoms with Crippen LogP contribution in [0.1, 0.15) is 19.3 Å². The van der Waals surface area contributed by atoms with Crippen LogP contribution in [0.25, 0.3) is 0 Å². The SMILES string of the molecule is COC(=O)CCCC(O)/C=C/Cl. The van der Waals surface area contributed by atoms with Crippen molar-refractivity contribution in [3.63, 3.8) is 0 Å². The second kappa shape index (κ2) is 7.13. The number of hydrogen-bond donors (Lipinski definition) is 1. The highest BCUT2D eigenvalue weighted by atomic mass is 35.5. The van der Waals surface area contributed by atoms with Crippen molar-refractivity contribution in [3.05, 3.63) is 11.6 Å². The molecule has 0 aromatic heterocycles. The third kappa shape index (κ3) is 6.19. The fourth-order valence-corrected chi connectivity index (χ4v) is 0.906. The predicted octanol–water partition coefficient (Wildman–Crippen LogP) is 1.44. The Balaban J connectivity index is 3.36. The van der Waals surface area contributed by atoms with Gasteiger partial charge in [0.05, 0.1) is 13.2 Å². The van der Waals surface area contributed by atoms with E-state index >= 15 is 0 Å². The van der Waals surface area contributed by atoms with Crippen molar-refractivity contribution in [1.29, 1.82) is 0 Å². The zero-order valence-electron chi connectivity index (χ0n) is 7.00. The smallest absolute Gasteiger partial charge is 0.305 e. The van der Waals surface area contributed by atoms with E-state index in [-0.39, 0.29) is 5.97 Å². The minimum absolute atomic E-state index is 0.253. The van der Waals surface area contributed by atoms with Crippen LogP contribution >= 0.6 is 11.6 Å². The first-order chi connectivity index (χ1) is 5.70. The third-order valence-corrected chi connectivity index (χ3v) is 1.55. The molecule has 0 aliphatic carbocycles. The van der Waals surface area contributed by atoms with Crippen LogP contribution < -0.4 is 0 Å². The Bertz CT molecular complexity index is 156. The normalized spacial score (nSPS) is 13.2. The summed E-state index contributed by atoms with van der Waals surface area (Å²) in [5.74, 6) is -0.253. The van der Waals surface area contributed by atoms with E-state index in [4.69, 9.17) is 16.7 Å². The van der Waals surface area contributed by atoms with Crippen LogP contribution in [0.3, 0.4) is 0 Å². The first-order valence-electron chi connectivity index (χ1n) is 3.72. The summed E-state index contributed by atoms with van der Waals surface area (Å²) >= 11 is 5.23. The van der Waals surface area contributed by atoms with Crippen molar-refractivity contribution < 1.29 is 14.6 Å². The Labute approximate surface area is 77.0 Å². The number of halogens is 1. The number of ether oxygens (including phenoxy) is 1. The van der Waals surface area contributed by atoms with Crippen LogP contribution in [-0.2, 0) is 9.53 Å². The molecule has 4 heteroatoms. The average Bonchev–Trinajstić information content (AvgIpc) is 2.04. The number of methoxy groups -OCH3 is 1. The van der Waals surface area contributed by atoms with Gasteiger partial charge in [0.15, 0.2) is 0 Å². The van der Waals surface area contributed by atoms with Gasteiger partial charge in [-0.15, -0.1) is 0 Å². The molecule has 1 unspecified atom stereocenters. The molecular weight excluding hydrogens is 180 g/mol. The second-order valence-corrected chi connectivity index (χ2v) is 2.61. The Hall–Kier alpha value is -0.540. The summed E-state index contributed by atoms with van der Waals surface area (Å²) < 4.78 is 4.43. The minimum Gasteiger partial charge on any atom is -0.469 e. The van der Waals surface area contributed by atoms with Gasteiger partial charge in [0, 0.05) is 12.0 Å². The van der Waals surface area contributed by atoms with Gasteiger partial charge in [-0.05, 0) is 18.9 Å². The molecule has 0 aliphatic heterocycles. The van der Waals surface area contributed by atoms with Gasteiger partial charge < -0.3 is 9.84 Å². The molecule has 1 atom stereocenters. The second-order valence-electron chi connectivity index (χ2n) is 2.35. The van der Waals surface area contributed by atoms with Gasteiger partial charge in [0.1, 0.15) is 0 Å². The quantitative estimate of drug-likeness (QED) is 0.671. The van der Waals surface area contributed by atoms with E-state index in [1.54, 1.807) is 0 Å². The first-order valence-corrected chi connectivity index (χ1v) is 4.16. The molecule has 70 valence electrons. The van der Waals surface area contributed by atoms with Crippen molar-refractivity contribution in [2.24, 2.45) is 0 Å². The van der Waals surface area contributed by atoms with E-state index in [1.165, 1.54) is 18.7 Å². The maximum Gasteiger partial charge on any atom is 0.305 e. The van der Waals surface area contributed by atoms with Crippen LogP contribution in [0.2, 0.25) is 0 Å². The monoisotopic (exact) mass is 192 g/mol. The van der Waals surface area contributed by atoms with E-state index in [2.05, 4.69) is 4.74 Å². The first kappa shape index (κ1) is 11.5. The molecule has 0 bridgehead atoms. The molecule has 0 radical (unpaired) electrons. The van der Waals surface area contributed by atoms with E-state index in [9.17, 15) is 4.79 Å². The van der Waals surface area contributed by atoms with Gasteiger partial charge in [-0.3, -0.25) is 4.79 Å². The molecule has 0 saturated heterocycles. The highest BCUT2D eigenvalue weighted by molar-refractivity contribution is 6.25. The lowest BCUT2D eigenvalue weighted by atomic mass is 10.1. The van der Waals surface area contributed by atoms with Gasteiger partial charge in [-0.2, -0.15) is 0 Å². The van der Waals surface area contributed by atoms with Gasteiger partial charge >= 0.3 is 5.97 Å². The van der Waals surface area contributed by atoms with Gasteiger partial charge in [0.25, 0.3) is 0 Å². The lowest BCUT2D eigenvalue weighted by Gasteiger charge is -2.03. The van der Waals surface area contributed by atoms with Crippen molar-refractivity contribution in [1.82, 2.24) is 0 Å². The van der Waals surface area contributed by atoms with Crippen molar-refractivity contribution in [2.75, 3.05) is 7.11 Å². The maximum absolute atomic E-state index is 10.6. The number of rotatable bonds is 5. The van der Waals surface area contributed by atoms with Crippen LogP contribution in [0.5, 0.6) is 0 Å². The molecule has 0 fully saturated rings. The topological polar surface area (TPSA) is 46.5 Å². The standard InChI is InChI=1S/C8H13ClO3/c1-12-8(11)4-2-3-7(10)5-6-9/h5-7,10H,2-4H2,1H3/b6-5+. The lowest BCUT2D eigenvalue weighted by Crippen LogP contribution is -2.05. The molecule has 12 heavy (non-hydrogen) atoms. The van der Waals surface area contributed by atoms with Gasteiger partial charge in [0.2, 0.25) is 0 Å². The zero-order valence-corrected chi connectivity index (χ0v) is 7.75. The van der Waals surface area contributed by atoms with Crippen molar-refractivity contribution >= 4 is 17.6 Å². The Morgan fingerprint density at radius 1 is 1.75 bits per heavy atom. The Kier molecular flexibility index (Phi) is 6.81. The third-order valence-electron chi connectivity index (χ3n) is 1.40. The summed E-state index contributed by atoms with van der Waals surface area (Å²) in [7, 11) is 1.34. The molecule has 0 aromatic carbocycles. The lowest BCUT2D eigenvalue weighted by molar-refractivity contribution is -0.140. The molecule has 0 spiro atoms. The minimum atomic E-state index is -0.563. The molecule has 0 saturated carbocycles. The largest absolute Gasteiger partial charge is 0.469 e. The summed E-state index contributed by atoms with van der Waals surface area (Å²) in [4.78, 5) is 10.6. The van der Waals surface area contributed by atoms with E-state index in [1.807, 2.05) is 0 Å². The number of aliphatic hydroxyl groups excluding tert-OH is 1. The highest BCUT2D eigenvalue weighted by Crippen LogP contribution is 2.03. The van der Waals surface area contributed by atoms with Gasteiger partial charge in [-0.1, -0.05) is 11.6 Å². The number of carbonyl (C=O) groups excluding carboxylic acids is 1. The molecule has 1 N–H and O–H groups in total. The number of carbonyl (C=O) groups is 1. The summed E-state index contributed by atoms with van der Waals surface area (Å²) in [6, 6.07) is 0. The molecule has 0 aromatic rings. The number of hydrogen-bond acceptors (Lipinski definition) is 3. The van der Waals surface area contributed by atoms with E-state index in [0.717, 1.165) is 0 Å². The van der Waals surface area contributed by atoms with E-state index in [0.29, 0.717) is 19.3 Å². The number of esters is 1. The Morgan fingerprint density at radius 2 is 2.42 bits per heavy atom. The number of aliphatic hydroxyl groups is 1. The predicted molar refractivity (Wildman–Crippen MR) is 46.9 cm³/mol. The maximum atomic E-state index is 10.6. The fraction of sp³-hybridized carbons (Fsp3) is 0.625. The van der Waals surface area contributed by atoms with Crippen molar-refractivity contribution in [2.45, 2.75) is 25.4 Å². The van der Waals surface area contributed by atoms with Crippen LogP contribution in [0, 0.1) is 0 Å². The summed E-state index contributed by atoms with van der Waals surface area (Å²) in [5.41, 5.74) is 1.27. The summed E-state index contributed by atoms with van der Waals surface area (Å²) in [6.45, 7) is 0. The molecule has 0 heterocycles. The highest BCUT2D eigenvalue weighted by Gasteiger charge is 2.02. The van der Waals surface area contributed by atoms with Crippen LogP contribution in [-0.4, -0.2) is 24.3 Å². The zero-order chi connectivity index (χ0) is 9.40. The van der Waals surface area contributed by atoms with Crippen LogP contribution in [0.4, 0.5) is 0 Å². The average molecular weight is 193 g/mol. The molecule has 3 nitrogen and oxygen atoms in total. The van der Waals surface area contributed by atoms with Gasteiger partial charge in [-0.25, -0.2) is 0 Å². The summed E-state index contributed by atoms with van der Waals surface area (Å²) in [6.07, 6.45) is 2.38. The van der Waals surface area contributed by atoms with E-state index < -0.39 is 6.10 Å².